The molecule has 0 radical (unpaired) electrons. The number of rotatable bonds is 6. The summed E-state index contributed by atoms with van der Waals surface area (Å²) >= 11 is 2.65. The molecule has 0 aliphatic heterocycles. The van der Waals surface area contributed by atoms with Crippen LogP contribution in [0.2, 0.25) is 0 Å². The number of benzene rings is 1. The molecule has 1 amide bonds. The van der Waals surface area contributed by atoms with E-state index in [1.54, 1.807) is 12.4 Å². The summed E-state index contributed by atoms with van der Waals surface area (Å²) in [6.07, 6.45) is 4.37. The lowest BCUT2D eigenvalue weighted by molar-refractivity contribution is 0.101. The molecule has 134 valence electrons. The van der Waals surface area contributed by atoms with Crippen molar-refractivity contribution in [3.8, 4) is 0 Å². The summed E-state index contributed by atoms with van der Waals surface area (Å²) in [7, 11) is 0. The Hall–Kier alpha value is -2.39. The molecule has 0 aliphatic carbocycles. The molecule has 5 nitrogen and oxygen atoms in total. The molecular formula is C17H14F2N4OS2. The highest BCUT2D eigenvalue weighted by Gasteiger charge is 2.20. The molecule has 3 rings (SSSR count). The van der Waals surface area contributed by atoms with E-state index < -0.39 is 23.1 Å². The third-order valence-corrected chi connectivity index (χ3v) is 5.83. The molecule has 0 saturated carbocycles. The second-order valence-electron chi connectivity index (χ2n) is 5.23. The van der Waals surface area contributed by atoms with Crippen molar-refractivity contribution in [2.75, 3.05) is 5.32 Å². The number of carbonyl (C=O) groups excluding carboxylic acids is 1. The van der Waals surface area contributed by atoms with Gasteiger partial charge in [0.05, 0.1) is 0 Å². The Morgan fingerprint density at radius 2 is 2.00 bits per heavy atom. The summed E-state index contributed by atoms with van der Waals surface area (Å²) in [5.74, 6) is -2.75. The van der Waals surface area contributed by atoms with Crippen LogP contribution in [0.15, 0.2) is 47.1 Å². The van der Waals surface area contributed by atoms with Crippen LogP contribution >= 0.6 is 23.1 Å². The van der Waals surface area contributed by atoms with Crippen molar-refractivity contribution in [3.63, 3.8) is 0 Å². The second kappa shape index (κ2) is 8.33. The number of amides is 1. The molecule has 2 aromatic heterocycles. The molecule has 0 spiro atoms. The van der Waals surface area contributed by atoms with Gasteiger partial charge in [-0.1, -0.05) is 42.2 Å². The van der Waals surface area contributed by atoms with E-state index in [-0.39, 0.29) is 10.4 Å². The summed E-state index contributed by atoms with van der Waals surface area (Å²) in [5, 5.41) is 10.6. The molecule has 0 aliphatic rings. The van der Waals surface area contributed by atoms with E-state index in [9.17, 15) is 13.6 Å². The summed E-state index contributed by atoms with van der Waals surface area (Å²) in [4.78, 5) is 16.2. The van der Waals surface area contributed by atoms with Gasteiger partial charge in [0.15, 0.2) is 4.34 Å². The Kier molecular flexibility index (Phi) is 5.89. The average molecular weight is 392 g/mol. The van der Waals surface area contributed by atoms with Crippen LogP contribution in [0.3, 0.4) is 0 Å². The van der Waals surface area contributed by atoms with E-state index in [0.717, 1.165) is 35.5 Å². The highest BCUT2D eigenvalue weighted by atomic mass is 32.2. The second-order valence-corrected chi connectivity index (χ2v) is 7.65. The largest absolute Gasteiger partial charge is 0.296 e. The number of nitrogens with zero attached hydrogens (tertiary/aromatic N) is 3. The smallest absolute Gasteiger partial charge is 0.263 e. The van der Waals surface area contributed by atoms with Crippen LogP contribution in [0.1, 0.15) is 34.5 Å². The van der Waals surface area contributed by atoms with Gasteiger partial charge in [-0.05, 0) is 30.2 Å². The number of hydrogen-bond acceptors (Lipinski definition) is 6. The molecule has 1 atom stereocenters. The Bertz CT molecular complexity index is 885. The SMILES string of the molecule is CCC(Sc1nnc(NC(=O)c2c(F)cccc2F)s1)c1cccnc1. The first-order valence-electron chi connectivity index (χ1n) is 7.74. The van der Waals surface area contributed by atoms with Gasteiger partial charge in [-0.25, -0.2) is 8.78 Å². The van der Waals surface area contributed by atoms with Crippen LogP contribution in [-0.4, -0.2) is 21.1 Å². The van der Waals surface area contributed by atoms with Crippen LogP contribution in [0.25, 0.3) is 0 Å². The van der Waals surface area contributed by atoms with E-state index in [1.165, 1.54) is 17.8 Å². The van der Waals surface area contributed by atoms with Crippen molar-refractivity contribution >= 4 is 34.1 Å². The van der Waals surface area contributed by atoms with E-state index in [4.69, 9.17) is 0 Å². The first-order chi connectivity index (χ1) is 12.6. The standard InChI is InChI=1S/C17H14F2N4OS2/c1-2-13(10-5-4-8-20-9-10)25-17-23-22-16(26-17)21-15(24)14-11(18)6-3-7-12(14)19/h3-9,13H,2H2,1H3,(H,21,22,24). The van der Waals surface area contributed by atoms with Crippen LogP contribution < -0.4 is 5.32 Å². The van der Waals surface area contributed by atoms with Crippen LogP contribution in [-0.2, 0) is 0 Å². The van der Waals surface area contributed by atoms with Crippen molar-refractivity contribution in [3.05, 3.63) is 65.5 Å². The number of hydrogen-bond donors (Lipinski definition) is 1. The van der Waals surface area contributed by atoms with Crippen molar-refractivity contribution < 1.29 is 13.6 Å². The molecule has 26 heavy (non-hydrogen) atoms. The van der Waals surface area contributed by atoms with Gasteiger partial charge in [-0.15, -0.1) is 10.2 Å². The number of carbonyl (C=O) groups is 1. The fraction of sp³-hybridized carbons (Fsp3) is 0.176. The predicted octanol–water partition coefficient (Wildman–Crippen LogP) is 4.71. The molecular weight excluding hydrogens is 378 g/mol. The van der Waals surface area contributed by atoms with Gasteiger partial charge in [0.25, 0.3) is 5.91 Å². The zero-order valence-corrected chi connectivity index (χ0v) is 15.3. The van der Waals surface area contributed by atoms with Gasteiger partial charge in [0.2, 0.25) is 5.13 Å². The van der Waals surface area contributed by atoms with Crippen LogP contribution in [0.5, 0.6) is 0 Å². The highest BCUT2D eigenvalue weighted by Crippen LogP contribution is 2.39. The number of anilines is 1. The average Bonchev–Trinajstić information content (AvgIpc) is 3.07. The predicted molar refractivity (Wildman–Crippen MR) is 97.3 cm³/mol. The third kappa shape index (κ3) is 4.23. The Labute approximate surface area is 156 Å². The molecule has 0 fully saturated rings. The number of aromatic nitrogens is 3. The molecule has 1 unspecified atom stereocenters. The maximum absolute atomic E-state index is 13.7. The van der Waals surface area contributed by atoms with Gasteiger partial charge in [-0.2, -0.15) is 0 Å². The minimum atomic E-state index is -0.927. The maximum atomic E-state index is 13.7. The number of thioether (sulfide) groups is 1. The van der Waals surface area contributed by atoms with E-state index in [0.29, 0.717) is 4.34 Å². The number of halogens is 2. The molecule has 1 aromatic carbocycles. The van der Waals surface area contributed by atoms with E-state index >= 15 is 0 Å². The Balaban J connectivity index is 1.71. The quantitative estimate of drug-likeness (QED) is 0.486. The summed E-state index contributed by atoms with van der Waals surface area (Å²) in [6, 6.07) is 7.11. The Morgan fingerprint density at radius 3 is 2.65 bits per heavy atom. The van der Waals surface area contributed by atoms with Gasteiger partial charge in [-0.3, -0.25) is 15.1 Å². The van der Waals surface area contributed by atoms with E-state index in [1.807, 2.05) is 12.1 Å². The van der Waals surface area contributed by atoms with E-state index in [2.05, 4.69) is 27.4 Å². The molecule has 0 bridgehead atoms. The lowest BCUT2D eigenvalue weighted by Crippen LogP contribution is -2.15. The normalized spacial score (nSPS) is 12.0. The molecule has 0 saturated heterocycles. The monoisotopic (exact) mass is 392 g/mol. The van der Waals surface area contributed by atoms with Crippen LogP contribution in [0.4, 0.5) is 13.9 Å². The molecule has 3 aromatic rings. The topological polar surface area (TPSA) is 67.8 Å². The maximum Gasteiger partial charge on any atom is 0.263 e. The lowest BCUT2D eigenvalue weighted by atomic mass is 10.2. The Morgan fingerprint density at radius 1 is 1.23 bits per heavy atom. The molecule has 2 heterocycles. The minimum absolute atomic E-state index is 0.143. The number of nitrogens with one attached hydrogen (secondary N) is 1. The zero-order valence-electron chi connectivity index (χ0n) is 13.6. The third-order valence-electron chi connectivity index (χ3n) is 3.49. The van der Waals surface area contributed by atoms with Gasteiger partial charge < -0.3 is 0 Å². The molecule has 9 heteroatoms. The fourth-order valence-corrected chi connectivity index (χ4v) is 4.28. The van der Waals surface area contributed by atoms with Gasteiger partial charge in [0.1, 0.15) is 17.2 Å². The zero-order chi connectivity index (χ0) is 18.5. The van der Waals surface area contributed by atoms with Crippen molar-refractivity contribution in [2.45, 2.75) is 22.9 Å². The first kappa shape index (κ1) is 18.4. The lowest BCUT2D eigenvalue weighted by Gasteiger charge is -2.11. The van der Waals surface area contributed by atoms with Gasteiger partial charge >= 0.3 is 0 Å². The van der Waals surface area contributed by atoms with Gasteiger partial charge in [0, 0.05) is 17.6 Å². The first-order valence-corrected chi connectivity index (χ1v) is 9.43. The van der Waals surface area contributed by atoms with Crippen molar-refractivity contribution in [2.24, 2.45) is 0 Å². The number of pyridine rings is 1. The minimum Gasteiger partial charge on any atom is -0.296 e. The summed E-state index contributed by atoms with van der Waals surface area (Å²) < 4.78 is 28.0. The fourth-order valence-electron chi connectivity index (χ4n) is 2.26. The summed E-state index contributed by atoms with van der Waals surface area (Å²) in [5.41, 5.74) is 0.424. The summed E-state index contributed by atoms with van der Waals surface area (Å²) in [6.45, 7) is 2.05. The van der Waals surface area contributed by atoms with Crippen molar-refractivity contribution in [1.82, 2.24) is 15.2 Å². The highest BCUT2D eigenvalue weighted by molar-refractivity contribution is 8.01. The van der Waals surface area contributed by atoms with Crippen LogP contribution in [0, 0.1) is 11.6 Å². The molecule has 1 N–H and O–H groups in total. The van der Waals surface area contributed by atoms with Crippen molar-refractivity contribution in [1.29, 1.82) is 0 Å².